The Kier molecular flexibility index (Phi) is 4.07. The average Bonchev–Trinajstić information content (AvgIpc) is 2.26. The predicted molar refractivity (Wildman–Crippen MR) is 65.5 cm³/mol. The second-order valence-electron chi connectivity index (χ2n) is 4.49. The smallest absolute Gasteiger partial charge is 0.339 e. The van der Waals surface area contributed by atoms with Gasteiger partial charge in [-0.2, -0.15) is 0 Å². The van der Waals surface area contributed by atoms with E-state index in [-0.39, 0.29) is 11.2 Å². The molecule has 0 amide bonds. The van der Waals surface area contributed by atoms with Crippen LogP contribution in [0.15, 0.2) is 12.3 Å². The van der Waals surface area contributed by atoms with E-state index in [9.17, 15) is 4.79 Å². The molecular weight excluding hydrogens is 220 g/mol. The molecule has 0 atom stereocenters. The van der Waals surface area contributed by atoms with Crippen LogP contribution in [0.3, 0.4) is 0 Å². The number of carbonyl (C=O) groups is 1. The largest absolute Gasteiger partial charge is 0.478 e. The number of carboxylic acids is 1. The number of hydrogen-bond donors (Lipinski definition) is 2. The molecule has 1 aromatic heterocycles. The number of rotatable bonds is 5. The van der Waals surface area contributed by atoms with Crippen molar-refractivity contribution in [3.63, 3.8) is 0 Å². The normalized spacial score (nSPS) is 11.3. The molecule has 94 valence electrons. The van der Waals surface area contributed by atoms with Crippen LogP contribution in [0.5, 0.6) is 0 Å². The van der Waals surface area contributed by atoms with Gasteiger partial charge in [0.15, 0.2) is 0 Å². The summed E-state index contributed by atoms with van der Waals surface area (Å²) in [6, 6.07) is 1.72. The van der Waals surface area contributed by atoms with Crippen LogP contribution in [0.2, 0.25) is 0 Å². The highest BCUT2D eigenvalue weighted by atomic mass is 16.5. The van der Waals surface area contributed by atoms with Crippen LogP contribution in [0, 0.1) is 6.92 Å². The highest BCUT2D eigenvalue weighted by Gasteiger charge is 2.18. The van der Waals surface area contributed by atoms with Crippen molar-refractivity contribution in [2.75, 3.05) is 19.0 Å². The molecule has 0 radical (unpaired) electrons. The molecule has 1 rings (SSSR count). The standard InChI is InChI=1S/C12H18N2O3/c1-8-5-10(9(6-13-8)11(15)16)14-7-12(2,3)17-4/h5-6H,7H2,1-4H3,(H,13,14)(H,15,16). The summed E-state index contributed by atoms with van der Waals surface area (Å²) in [4.78, 5) is 15.0. The minimum absolute atomic E-state index is 0.169. The molecule has 0 spiro atoms. The fourth-order valence-corrected chi connectivity index (χ4v) is 1.26. The third kappa shape index (κ3) is 3.71. The van der Waals surface area contributed by atoms with E-state index in [0.29, 0.717) is 12.2 Å². The minimum atomic E-state index is -0.991. The number of ether oxygens (including phenoxy) is 1. The molecule has 2 N–H and O–H groups in total. The van der Waals surface area contributed by atoms with Gasteiger partial charge in [-0.05, 0) is 26.8 Å². The lowest BCUT2D eigenvalue weighted by molar-refractivity contribution is 0.0343. The van der Waals surface area contributed by atoms with Crippen LogP contribution >= 0.6 is 0 Å². The van der Waals surface area contributed by atoms with Crippen molar-refractivity contribution in [1.29, 1.82) is 0 Å². The molecule has 0 aliphatic carbocycles. The number of nitrogens with zero attached hydrogens (tertiary/aromatic N) is 1. The molecule has 0 aliphatic rings. The van der Waals surface area contributed by atoms with E-state index in [2.05, 4.69) is 10.3 Å². The van der Waals surface area contributed by atoms with Crippen molar-refractivity contribution < 1.29 is 14.6 Å². The quantitative estimate of drug-likeness (QED) is 0.820. The van der Waals surface area contributed by atoms with E-state index in [0.717, 1.165) is 5.69 Å². The molecular formula is C12H18N2O3. The molecule has 0 aliphatic heterocycles. The summed E-state index contributed by atoms with van der Waals surface area (Å²) in [7, 11) is 1.62. The molecule has 0 saturated heterocycles. The zero-order valence-corrected chi connectivity index (χ0v) is 10.6. The summed E-state index contributed by atoms with van der Waals surface area (Å²) in [6.45, 7) is 6.19. The van der Waals surface area contributed by atoms with Crippen molar-refractivity contribution in [3.05, 3.63) is 23.5 Å². The van der Waals surface area contributed by atoms with E-state index in [1.165, 1.54) is 6.20 Å². The molecule has 5 nitrogen and oxygen atoms in total. The zero-order valence-electron chi connectivity index (χ0n) is 10.6. The SMILES string of the molecule is COC(C)(C)CNc1cc(C)ncc1C(=O)O. The number of aromatic carboxylic acids is 1. The fourth-order valence-electron chi connectivity index (χ4n) is 1.26. The first-order valence-corrected chi connectivity index (χ1v) is 5.35. The topological polar surface area (TPSA) is 71.5 Å². The number of pyridine rings is 1. The van der Waals surface area contributed by atoms with Gasteiger partial charge in [-0.25, -0.2) is 4.79 Å². The summed E-state index contributed by atoms with van der Waals surface area (Å²) in [5, 5.41) is 12.1. The lowest BCUT2D eigenvalue weighted by Crippen LogP contribution is -2.32. The number of hydrogen-bond acceptors (Lipinski definition) is 4. The average molecular weight is 238 g/mol. The molecule has 1 heterocycles. The highest BCUT2D eigenvalue weighted by molar-refractivity contribution is 5.93. The Labute approximate surface area is 101 Å². The van der Waals surface area contributed by atoms with Gasteiger partial charge in [-0.15, -0.1) is 0 Å². The summed E-state index contributed by atoms with van der Waals surface area (Å²) in [5.41, 5.74) is 1.15. The summed E-state index contributed by atoms with van der Waals surface area (Å²) < 4.78 is 5.26. The van der Waals surface area contributed by atoms with E-state index in [1.54, 1.807) is 13.2 Å². The first-order chi connectivity index (χ1) is 7.85. The van der Waals surface area contributed by atoms with Crippen molar-refractivity contribution in [3.8, 4) is 0 Å². The highest BCUT2D eigenvalue weighted by Crippen LogP contribution is 2.17. The maximum absolute atomic E-state index is 11.0. The van der Waals surface area contributed by atoms with Gasteiger partial charge in [0.25, 0.3) is 0 Å². The number of methoxy groups -OCH3 is 1. The number of anilines is 1. The van der Waals surface area contributed by atoms with E-state index < -0.39 is 5.97 Å². The molecule has 0 aromatic carbocycles. The summed E-state index contributed by atoms with van der Waals surface area (Å²) in [5.74, 6) is -0.991. The number of carboxylic acid groups (broad SMARTS) is 1. The Morgan fingerprint density at radius 3 is 2.76 bits per heavy atom. The maximum Gasteiger partial charge on any atom is 0.339 e. The van der Waals surface area contributed by atoms with E-state index in [4.69, 9.17) is 9.84 Å². The Morgan fingerprint density at radius 1 is 1.59 bits per heavy atom. The minimum Gasteiger partial charge on any atom is -0.478 e. The van der Waals surface area contributed by atoms with Crippen LogP contribution in [-0.4, -0.2) is 35.3 Å². The lowest BCUT2D eigenvalue weighted by atomic mass is 10.1. The molecule has 0 fully saturated rings. The van der Waals surface area contributed by atoms with Gasteiger partial charge in [0.1, 0.15) is 5.56 Å². The molecule has 0 unspecified atom stereocenters. The Hall–Kier alpha value is -1.62. The van der Waals surface area contributed by atoms with E-state index in [1.807, 2.05) is 20.8 Å². The third-order valence-electron chi connectivity index (χ3n) is 2.53. The first-order valence-electron chi connectivity index (χ1n) is 5.35. The van der Waals surface area contributed by atoms with Gasteiger partial charge in [-0.3, -0.25) is 4.98 Å². The molecule has 5 heteroatoms. The van der Waals surface area contributed by atoms with Crippen LogP contribution in [-0.2, 0) is 4.74 Å². The number of nitrogens with one attached hydrogen (secondary N) is 1. The predicted octanol–water partition coefficient (Wildman–Crippen LogP) is 1.93. The second kappa shape index (κ2) is 5.14. The van der Waals surface area contributed by atoms with Gasteiger partial charge in [0.2, 0.25) is 0 Å². The molecule has 0 saturated carbocycles. The first kappa shape index (κ1) is 13.4. The van der Waals surface area contributed by atoms with Crippen molar-refractivity contribution in [1.82, 2.24) is 4.98 Å². The third-order valence-corrected chi connectivity index (χ3v) is 2.53. The van der Waals surface area contributed by atoms with Crippen molar-refractivity contribution >= 4 is 11.7 Å². The molecule has 0 bridgehead atoms. The van der Waals surface area contributed by atoms with Crippen LogP contribution < -0.4 is 5.32 Å². The zero-order chi connectivity index (χ0) is 13.1. The Morgan fingerprint density at radius 2 is 2.24 bits per heavy atom. The number of aryl methyl sites for hydroxylation is 1. The van der Waals surface area contributed by atoms with Gasteiger partial charge < -0.3 is 15.2 Å². The summed E-state index contributed by atoms with van der Waals surface area (Å²) >= 11 is 0. The van der Waals surface area contributed by atoms with Crippen LogP contribution in [0.25, 0.3) is 0 Å². The molecule has 1 aromatic rings. The van der Waals surface area contributed by atoms with Crippen LogP contribution in [0.1, 0.15) is 29.9 Å². The molecule has 17 heavy (non-hydrogen) atoms. The van der Waals surface area contributed by atoms with E-state index >= 15 is 0 Å². The maximum atomic E-state index is 11.0. The van der Waals surface area contributed by atoms with Crippen molar-refractivity contribution in [2.45, 2.75) is 26.4 Å². The Balaban J connectivity index is 2.89. The van der Waals surface area contributed by atoms with Crippen molar-refractivity contribution in [2.24, 2.45) is 0 Å². The summed E-state index contributed by atoms with van der Waals surface area (Å²) in [6.07, 6.45) is 1.36. The lowest BCUT2D eigenvalue weighted by Gasteiger charge is -2.24. The van der Waals surface area contributed by atoms with Gasteiger partial charge >= 0.3 is 5.97 Å². The van der Waals surface area contributed by atoms with Gasteiger partial charge in [-0.1, -0.05) is 0 Å². The van der Waals surface area contributed by atoms with Crippen LogP contribution in [0.4, 0.5) is 5.69 Å². The monoisotopic (exact) mass is 238 g/mol. The number of aromatic nitrogens is 1. The van der Waals surface area contributed by atoms with Gasteiger partial charge in [0.05, 0.1) is 11.3 Å². The second-order valence-corrected chi connectivity index (χ2v) is 4.49. The fraction of sp³-hybridized carbons (Fsp3) is 0.500. The Bertz CT molecular complexity index is 416. The van der Waals surface area contributed by atoms with Gasteiger partial charge in [0, 0.05) is 25.5 Å².